The first-order valence-electron chi connectivity index (χ1n) is 8.25. The molecule has 0 aliphatic heterocycles. The van der Waals surface area contributed by atoms with Crippen LogP contribution in [0.1, 0.15) is 0 Å². The summed E-state index contributed by atoms with van der Waals surface area (Å²) < 4.78 is 7.76. The second-order valence-electron chi connectivity index (χ2n) is 7.29. The monoisotopic (exact) mass is 340 g/mol. The molecule has 1 aromatic heterocycles. The minimum absolute atomic E-state index is 0.239. The highest BCUT2D eigenvalue weighted by Gasteiger charge is 2.14. The van der Waals surface area contributed by atoms with E-state index in [-0.39, 0.29) is 5.75 Å². The summed E-state index contributed by atoms with van der Waals surface area (Å²) in [6, 6.07) is 12.9. The standard InChI is InChI=1S/C19H24N2O2Si/c1-24(2,3)11-10-23-14-21-9-8-20-19(21)17-12-15-6-4-5-7-16(15)13-18(17)22/h4-9,12-13,22H,10-11,14H2,1-3H3. The van der Waals surface area contributed by atoms with E-state index in [2.05, 4.69) is 24.6 Å². The number of aromatic hydroxyl groups is 1. The summed E-state index contributed by atoms with van der Waals surface area (Å²) in [5.74, 6) is 0.967. The van der Waals surface area contributed by atoms with E-state index in [0.29, 0.717) is 6.73 Å². The molecule has 2 aromatic carbocycles. The molecule has 1 N–H and O–H groups in total. The Morgan fingerprint density at radius 1 is 1.12 bits per heavy atom. The van der Waals surface area contributed by atoms with Crippen molar-refractivity contribution in [2.75, 3.05) is 6.61 Å². The van der Waals surface area contributed by atoms with Crippen LogP contribution in [0.2, 0.25) is 25.7 Å². The molecule has 0 bridgehead atoms. The molecule has 0 radical (unpaired) electrons. The number of imidazole rings is 1. The largest absolute Gasteiger partial charge is 0.507 e. The van der Waals surface area contributed by atoms with Crippen molar-refractivity contribution in [3.63, 3.8) is 0 Å². The van der Waals surface area contributed by atoms with Crippen molar-refractivity contribution in [3.8, 4) is 17.1 Å². The van der Waals surface area contributed by atoms with Gasteiger partial charge in [0.05, 0.1) is 5.56 Å². The van der Waals surface area contributed by atoms with Crippen LogP contribution in [0, 0.1) is 0 Å². The van der Waals surface area contributed by atoms with Crippen LogP contribution in [0.3, 0.4) is 0 Å². The quantitative estimate of drug-likeness (QED) is 0.522. The maximum Gasteiger partial charge on any atom is 0.145 e. The number of phenols is 1. The normalized spacial score (nSPS) is 12.0. The van der Waals surface area contributed by atoms with Crippen molar-refractivity contribution in [1.82, 2.24) is 9.55 Å². The third-order valence-corrected chi connectivity index (χ3v) is 5.75. The molecule has 0 saturated heterocycles. The zero-order valence-corrected chi connectivity index (χ0v) is 15.5. The molecule has 3 aromatic rings. The summed E-state index contributed by atoms with van der Waals surface area (Å²) >= 11 is 0. The SMILES string of the molecule is C[Si](C)(C)CCOCn1ccnc1-c1cc2ccccc2cc1O. The van der Waals surface area contributed by atoms with Crippen molar-refractivity contribution in [2.24, 2.45) is 0 Å². The first-order chi connectivity index (χ1) is 11.4. The fourth-order valence-electron chi connectivity index (χ4n) is 2.61. The molecule has 0 atom stereocenters. The molecule has 0 saturated carbocycles. The van der Waals surface area contributed by atoms with Crippen LogP contribution in [0.25, 0.3) is 22.2 Å². The highest BCUT2D eigenvalue weighted by atomic mass is 28.3. The molecule has 0 amide bonds. The third kappa shape index (κ3) is 3.86. The molecule has 0 fully saturated rings. The smallest absolute Gasteiger partial charge is 0.145 e. The van der Waals surface area contributed by atoms with Gasteiger partial charge in [0.2, 0.25) is 0 Å². The average molecular weight is 340 g/mol. The van der Waals surface area contributed by atoms with Gasteiger partial charge in [-0.3, -0.25) is 0 Å². The lowest BCUT2D eigenvalue weighted by Crippen LogP contribution is -2.22. The second kappa shape index (κ2) is 6.79. The fourth-order valence-corrected chi connectivity index (χ4v) is 3.36. The van der Waals surface area contributed by atoms with E-state index < -0.39 is 8.07 Å². The minimum Gasteiger partial charge on any atom is -0.507 e. The van der Waals surface area contributed by atoms with Crippen LogP contribution < -0.4 is 0 Å². The van der Waals surface area contributed by atoms with Gasteiger partial charge < -0.3 is 14.4 Å². The Kier molecular flexibility index (Phi) is 4.73. The number of hydrogen-bond donors (Lipinski definition) is 1. The van der Waals surface area contributed by atoms with Gasteiger partial charge in [0.1, 0.15) is 18.3 Å². The first kappa shape index (κ1) is 16.7. The van der Waals surface area contributed by atoms with Crippen molar-refractivity contribution >= 4 is 18.8 Å². The summed E-state index contributed by atoms with van der Waals surface area (Å²) in [7, 11) is -1.09. The van der Waals surface area contributed by atoms with Crippen LogP contribution in [0.5, 0.6) is 5.75 Å². The Morgan fingerprint density at radius 3 is 2.54 bits per heavy atom. The lowest BCUT2D eigenvalue weighted by molar-refractivity contribution is 0.0882. The van der Waals surface area contributed by atoms with Gasteiger partial charge in [-0.1, -0.05) is 43.9 Å². The van der Waals surface area contributed by atoms with E-state index in [1.807, 2.05) is 41.1 Å². The maximum atomic E-state index is 10.4. The molecule has 0 aliphatic rings. The summed E-state index contributed by atoms with van der Waals surface area (Å²) in [6.45, 7) is 8.23. The van der Waals surface area contributed by atoms with Crippen LogP contribution in [-0.4, -0.2) is 29.3 Å². The highest BCUT2D eigenvalue weighted by molar-refractivity contribution is 6.76. The van der Waals surface area contributed by atoms with Crippen molar-refractivity contribution < 1.29 is 9.84 Å². The second-order valence-corrected chi connectivity index (χ2v) is 12.9. The lowest BCUT2D eigenvalue weighted by atomic mass is 10.1. The van der Waals surface area contributed by atoms with Gasteiger partial charge in [-0.25, -0.2) is 4.98 Å². The Balaban J connectivity index is 1.81. The van der Waals surface area contributed by atoms with Crippen LogP contribution in [-0.2, 0) is 11.5 Å². The number of nitrogens with zero attached hydrogens (tertiary/aromatic N) is 2. The van der Waals surface area contributed by atoms with Gasteiger partial charge in [0, 0.05) is 27.1 Å². The summed E-state index contributed by atoms with van der Waals surface area (Å²) in [5.41, 5.74) is 0.729. The lowest BCUT2D eigenvalue weighted by Gasteiger charge is -2.16. The number of rotatable bonds is 6. The van der Waals surface area contributed by atoms with Crippen molar-refractivity contribution in [3.05, 3.63) is 48.8 Å². The molecule has 24 heavy (non-hydrogen) atoms. The molecule has 4 nitrogen and oxygen atoms in total. The van der Waals surface area contributed by atoms with Crippen LogP contribution in [0.4, 0.5) is 0 Å². The molecule has 0 unspecified atom stereocenters. The summed E-state index contributed by atoms with van der Waals surface area (Å²) in [6.07, 6.45) is 3.63. The predicted octanol–water partition coefficient (Wildman–Crippen LogP) is 4.72. The average Bonchev–Trinajstić information content (AvgIpc) is 2.98. The number of hydrogen-bond acceptors (Lipinski definition) is 3. The van der Waals surface area contributed by atoms with Gasteiger partial charge in [0.25, 0.3) is 0 Å². The van der Waals surface area contributed by atoms with Crippen LogP contribution in [0.15, 0.2) is 48.8 Å². The topological polar surface area (TPSA) is 47.3 Å². The third-order valence-electron chi connectivity index (χ3n) is 4.05. The summed E-state index contributed by atoms with van der Waals surface area (Å²) in [5, 5.41) is 12.5. The van der Waals surface area contributed by atoms with E-state index in [1.165, 1.54) is 0 Å². The maximum absolute atomic E-state index is 10.4. The molecule has 5 heteroatoms. The van der Waals surface area contributed by atoms with Gasteiger partial charge in [-0.05, 0) is 28.9 Å². The van der Waals surface area contributed by atoms with Crippen LogP contribution >= 0.6 is 0 Å². The molecule has 1 heterocycles. The zero-order chi connectivity index (χ0) is 17.2. The number of ether oxygens (including phenoxy) is 1. The number of phenolic OH excluding ortho intramolecular Hbond substituents is 1. The number of fused-ring (bicyclic) bond motifs is 1. The Labute approximate surface area is 143 Å². The van der Waals surface area contributed by atoms with E-state index in [1.54, 1.807) is 12.3 Å². The number of benzene rings is 2. The van der Waals surface area contributed by atoms with E-state index in [9.17, 15) is 5.11 Å². The number of aromatic nitrogens is 2. The van der Waals surface area contributed by atoms with Gasteiger partial charge in [-0.2, -0.15) is 0 Å². The highest BCUT2D eigenvalue weighted by Crippen LogP contribution is 2.32. The summed E-state index contributed by atoms with van der Waals surface area (Å²) in [4.78, 5) is 4.41. The van der Waals surface area contributed by atoms with E-state index >= 15 is 0 Å². The fraction of sp³-hybridized carbons (Fsp3) is 0.316. The Hall–Kier alpha value is -2.11. The van der Waals surface area contributed by atoms with E-state index in [4.69, 9.17) is 4.74 Å². The molecule has 0 spiro atoms. The molecular formula is C19H24N2O2Si. The first-order valence-corrected chi connectivity index (χ1v) is 12.0. The van der Waals surface area contributed by atoms with Crippen molar-refractivity contribution in [2.45, 2.75) is 32.4 Å². The van der Waals surface area contributed by atoms with Gasteiger partial charge in [0.15, 0.2) is 0 Å². The molecular weight excluding hydrogens is 316 g/mol. The van der Waals surface area contributed by atoms with Gasteiger partial charge in [-0.15, -0.1) is 0 Å². The van der Waals surface area contributed by atoms with E-state index in [0.717, 1.165) is 34.8 Å². The molecule has 3 rings (SSSR count). The van der Waals surface area contributed by atoms with Crippen molar-refractivity contribution in [1.29, 1.82) is 0 Å². The predicted molar refractivity (Wildman–Crippen MR) is 101 cm³/mol. The zero-order valence-electron chi connectivity index (χ0n) is 14.5. The van der Waals surface area contributed by atoms with Gasteiger partial charge >= 0.3 is 0 Å². The molecule has 126 valence electrons. The Bertz CT molecular complexity index is 837. The Morgan fingerprint density at radius 2 is 1.83 bits per heavy atom. The molecule has 0 aliphatic carbocycles. The minimum atomic E-state index is -1.09.